The van der Waals surface area contributed by atoms with Crippen LogP contribution in [0.3, 0.4) is 0 Å². The van der Waals surface area contributed by atoms with E-state index in [1.54, 1.807) is 0 Å². The number of cyclic esters (lactones) is 1. The third-order valence-corrected chi connectivity index (χ3v) is 6.84. The number of carbonyl (C=O) groups excluding carboxylic acids is 1. The lowest BCUT2D eigenvalue weighted by atomic mass is 9.75. The highest BCUT2D eigenvalue weighted by Crippen LogP contribution is 2.38. The van der Waals surface area contributed by atoms with E-state index in [2.05, 4.69) is 0 Å². The maximum atomic E-state index is 13.5. The Morgan fingerprint density at radius 3 is 2.18 bits per heavy atom. The van der Waals surface area contributed by atoms with Gasteiger partial charge >= 0.3 is 19.4 Å². The number of benzene rings is 2. The maximum Gasteiger partial charge on any atom is 0.495 e. The zero-order chi connectivity index (χ0) is 24.2. The molecular weight excluding hydrogens is 434 g/mol. The summed E-state index contributed by atoms with van der Waals surface area (Å²) in [6.45, 7) is 9.27. The zero-order valence-corrected chi connectivity index (χ0v) is 19.3. The highest BCUT2D eigenvalue weighted by Gasteiger charge is 2.52. The monoisotopic (exact) mass is 461 g/mol. The van der Waals surface area contributed by atoms with Crippen LogP contribution in [0.4, 0.5) is 18.0 Å². The summed E-state index contributed by atoms with van der Waals surface area (Å²) in [5.41, 5.74) is -0.509. The van der Waals surface area contributed by atoms with E-state index in [-0.39, 0.29) is 12.6 Å². The van der Waals surface area contributed by atoms with Gasteiger partial charge in [-0.2, -0.15) is 13.2 Å². The van der Waals surface area contributed by atoms with Crippen LogP contribution in [-0.2, 0) is 26.8 Å². The lowest BCUT2D eigenvalue weighted by Gasteiger charge is -2.32. The van der Waals surface area contributed by atoms with Crippen molar-refractivity contribution >= 4 is 18.7 Å². The summed E-state index contributed by atoms with van der Waals surface area (Å²) < 4.78 is 58.3. The van der Waals surface area contributed by atoms with Gasteiger partial charge in [0.2, 0.25) is 0 Å². The van der Waals surface area contributed by atoms with E-state index in [0.29, 0.717) is 11.0 Å². The molecule has 2 atom stereocenters. The van der Waals surface area contributed by atoms with Gasteiger partial charge in [0, 0.05) is 6.54 Å². The van der Waals surface area contributed by atoms with E-state index in [1.165, 1.54) is 11.0 Å². The van der Waals surface area contributed by atoms with Crippen molar-refractivity contribution in [3.05, 3.63) is 65.2 Å². The average molecular weight is 461 g/mol. The van der Waals surface area contributed by atoms with Gasteiger partial charge in [0.25, 0.3) is 0 Å². The van der Waals surface area contributed by atoms with Crippen LogP contribution in [0, 0.1) is 0 Å². The molecule has 0 spiro atoms. The summed E-state index contributed by atoms with van der Waals surface area (Å²) in [4.78, 5) is 14.2. The van der Waals surface area contributed by atoms with Crippen LogP contribution < -0.4 is 5.46 Å². The van der Waals surface area contributed by atoms with Crippen LogP contribution in [0.2, 0.25) is 0 Å². The molecule has 33 heavy (non-hydrogen) atoms. The molecule has 1 amide bonds. The van der Waals surface area contributed by atoms with Gasteiger partial charge in [-0.15, -0.1) is 0 Å². The molecule has 0 bridgehead atoms. The number of halogens is 3. The quantitative estimate of drug-likeness (QED) is 0.596. The van der Waals surface area contributed by atoms with Crippen LogP contribution in [-0.4, -0.2) is 35.4 Å². The van der Waals surface area contributed by atoms with Crippen molar-refractivity contribution in [2.45, 2.75) is 70.7 Å². The van der Waals surface area contributed by atoms with Gasteiger partial charge in [0.15, 0.2) is 0 Å². The third-order valence-electron chi connectivity index (χ3n) is 6.84. The van der Waals surface area contributed by atoms with Gasteiger partial charge in [-0.1, -0.05) is 42.5 Å². The second kappa shape index (κ2) is 8.06. The number of nitrogens with zero attached hydrogens (tertiary/aromatic N) is 1. The largest absolute Gasteiger partial charge is 0.495 e. The van der Waals surface area contributed by atoms with Crippen LogP contribution in [0.25, 0.3) is 0 Å². The molecule has 2 aliphatic heterocycles. The first-order chi connectivity index (χ1) is 15.3. The fourth-order valence-electron chi connectivity index (χ4n) is 4.10. The molecule has 0 aliphatic carbocycles. The molecule has 2 aromatic rings. The predicted octanol–water partition coefficient (Wildman–Crippen LogP) is 5.09. The molecule has 2 aromatic carbocycles. The number of hydrogen-bond acceptors (Lipinski definition) is 4. The van der Waals surface area contributed by atoms with Crippen LogP contribution >= 0.6 is 0 Å². The lowest BCUT2D eigenvalue weighted by molar-refractivity contribution is -0.137. The number of alkyl halides is 3. The van der Waals surface area contributed by atoms with Gasteiger partial charge < -0.3 is 14.0 Å². The molecule has 176 valence electrons. The summed E-state index contributed by atoms with van der Waals surface area (Å²) in [6.07, 6.45) is -5.61. The van der Waals surface area contributed by atoms with Gasteiger partial charge in [-0.3, -0.25) is 4.90 Å². The molecule has 9 heteroatoms. The Balaban J connectivity index is 1.68. The third kappa shape index (κ3) is 4.36. The Labute approximate surface area is 192 Å². The van der Waals surface area contributed by atoms with Crippen molar-refractivity contribution in [3.63, 3.8) is 0 Å². The number of amides is 1. The Kier molecular flexibility index (Phi) is 5.77. The molecule has 2 saturated heterocycles. The molecule has 0 saturated carbocycles. The zero-order valence-electron chi connectivity index (χ0n) is 19.3. The second-order valence-electron chi connectivity index (χ2n) is 9.58. The highest BCUT2D eigenvalue weighted by molar-refractivity contribution is 6.62. The van der Waals surface area contributed by atoms with E-state index in [0.717, 1.165) is 17.7 Å². The van der Waals surface area contributed by atoms with Crippen molar-refractivity contribution in [2.24, 2.45) is 0 Å². The van der Waals surface area contributed by atoms with Crippen molar-refractivity contribution in [2.75, 3.05) is 0 Å². The molecule has 5 nitrogen and oxygen atoms in total. The second-order valence-corrected chi connectivity index (χ2v) is 9.58. The first-order valence-corrected chi connectivity index (χ1v) is 10.9. The summed E-state index contributed by atoms with van der Waals surface area (Å²) in [5.74, 6) is 0. The SMILES string of the molecule is C[C@H]1[C@@H](c2ccccc2)OC(=O)N1Cc1cc(C(F)(F)F)ccc1B1OC(C)(C)C(C)(C)O1. The van der Waals surface area contributed by atoms with Crippen LogP contribution in [0.5, 0.6) is 0 Å². The summed E-state index contributed by atoms with van der Waals surface area (Å²) in [5, 5.41) is 0. The first kappa shape index (κ1) is 23.6. The minimum Gasteiger partial charge on any atom is -0.439 e. The molecule has 2 aliphatic rings. The molecule has 0 aromatic heterocycles. The molecule has 0 N–H and O–H groups in total. The normalized spacial score (nSPS) is 24.3. The minimum absolute atomic E-state index is 0.0628. The minimum atomic E-state index is -4.52. The van der Waals surface area contributed by atoms with Gasteiger partial charge in [-0.25, -0.2) is 4.79 Å². The maximum absolute atomic E-state index is 13.5. The number of carbonyl (C=O) groups is 1. The van der Waals surface area contributed by atoms with Crippen LogP contribution in [0.1, 0.15) is 57.4 Å². The van der Waals surface area contributed by atoms with E-state index in [1.807, 2.05) is 65.0 Å². The summed E-state index contributed by atoms with van der Waals surface area (Å²) in [6, 6.07) is 12.4. The molecule has 0 unspecified atom stereocenters. The molecule has 2 heterocycles. The topological polar surface area (TPSA) is 48.0 Å². The number of hydrogen-bond donors (Lipinski definition) is 0. The average Bonchev–Trinajstić information content (AvgIpc) is 3.13. The first-order valence-electron chi connectivity index (χ1n) is 10.9. The predicted molar refractivity (Wildman–Crippen MR) is 118 cm³/mol. The van der Waals surface area contributed by atoms with Crippen molar-refractivity contribution in [1.29, 1.82) is 0 Å². The van der Waals surface area contributed by atoms with E-state index in [4.69, 9.17) is 14.0 Å². The smallest absolute Gasteiger partial charge is 0.439 e. The summed E-state index contributed by atoms with van der Waals surface area (Å²) >= 11 is 0. The molecule has 0 radical (unpaired) electrons. The van der Waals surface area contributed by atoms with E-state index < -0.39 is 42.3 Å². The number of ether oxygens (including phenoxy) is 1. The Morgan fingerprint density at radius 2 is 1.61 bits per heavy atom. The Morgan fingerprint density at radius 1 is 1.00 bits per heavy atom. The van der Waals surface area contributed by atoms with E-state index in [9.17, 15) is 18.0 Å². The Bertz CT molecular complexity index is 1030. The number of rotatable bonds is 4. The van der Waals surface area contributed by atoms with Gasteiger partial charge in [-0.05, 0) is 57.3 Å². The van der Waals surface area contributed by atoms with Crippen molar-refractivity contribution < 1.29 is 32.0 Å². The molecular formula is C24H27BF3NO4. The summed E-state index contributed by atoms with van der Waals surface area (Å²) in [7, 11) is -0.855. The Hall–Kier alpha value is -2.52. The van der Waals surface area contributed by atoms with Crippen LogP contribution in [0.15, 0.2) is 48.5 Å². The van der Waals surface area contributed by atoms with Crippen molar-refractivity contribution in [1.82, 2.24) is 4.90 Å². The molecule has 4 rings (SSSR count). The fraction of sp³-hybridized carbons (Fsp3) is 0.458. The fourth-order valence-corrected chi connectivity index (χ4v) is 4.10. The van der Waals surface area contributed by atoms with Gasteiger partial charge in [0.1, 0.15) is 6.10 Å². The molecule has 2 fully saturated rings. The highest BCUT2D eigenvalue weighted by atomic mass is 19.4. The standard InChI is InChI=1S/C24H27BF3NO4/c1-15-20(16-9-7-6-8-10-16)31-21(30)29(15)14-17-13-18(24(26,27)28)11-12-19(17)25-32-22(2,3)23(4,5)33-25/h6-13,15,20H,14H2,1-5H3/t15-,20-/m0/s1. The van der Waals surface area contributed by atoms with Crippen molar-refractivity contribution in [3.8, 4) is 0 Å². The van der Waals surface area contributed by atoms with Gasteiger partial charge in [0.05, 0.1) is 22.8 Å². The lowest BCUT2D eigenvalue weighted by Crippen LogP contribution is -2.41. The van der Waals surface area contributed by atoms with E-state index >= 15 is 0 Å².